The predicted molar refractivity (Wildman–Crippen MR) is 97.6 cm³/mol. The quantitative estimate of drug-likeness (QED) is 0.778. The Morgan fingerprint density at radius 1 is 1.12 bits per heavy atom. The Bertz CT molecular complexity index is 756. The summed E-state index contributed by atoms with van der Waals surface area (Å²) in [7, 11) is 0. The number of carbonyl (C=O) groups excluding carboxylic acids is 2. The number of hydrogen-bond donors (Lipinski definition) is 0. The Labute approximate surface area is 149 Å². The van der Waals surface area contributed by atoms with Crippen molar-refractivity contribution >= 4 is 17.5 Å². The molecule has 0 spiro atoms. The summed E-state index contributed by atoms with van der Waals surface area (Å²) >= 11 is 0. The molecule has 132 valence electrons. The minimum Gasteiger partial charge on any atom is -0.460 e. The smallest absolute Gasteiger partial charge is 0.336 e. The van der Waals surface area contributed by atoms with Crippen LogP contribution in [0.3, 0.4) is 0 Å². The molecule has 1 aromatic carbocycles. The number of rotatable bonds is 3. The number of benzene rings is 1. The van der Waals surface area contributed by atoms with Gasteiger partial charge in [-0.25, -0.2) is 4.79 Å². The van der Waals surface area contributed by atoms with Crippen molar-refractivity contribution in [1.29, 1.82) is 0 Å². The molecule has 1 unspecified atom stereocenters. The number of Topliss-reactive ketones (excluding diaryl/α,β-unsaturated/α-hetero) is 1. The normalized spacial score (nSPS) is 23.4. The summed E-state index contributed by atoms with van der Waals surface area (Å²) in [5, 5.41) is 0. The maximum absolute atomic E-state index is 12.8. The van der Waals surface area contributed by atoms with Crippen molar-refractivity contribution in [2.75, 3.05) is 0 Å². The lowest BCUT2D eigenvalue weighted by Crippen LogP contribution is -2.39. The molecule has 1 saturated carbocycles. The van der Waals surface area contributed by atoms with Crippen LogP contribution in [0, 0.1) is 12.8 Å². The highest BCUT2D eigenvalue weighted by Gasteiger charge is 2.43. The highest BCUT2D eigenvalue weighted by molar-refractivity contribution is 6.11. The van der Waals surface area contributed by atoms with Gasteiger partial charge in [-0.2, -0.15) is 0 Å². The molecule has 1 aliphatic heterocycles. The van der Waals surface area contributed by atoms with Crippen LogP contribution in [0.5, 0.6) is 0 Å². The summed E-state index contributed by atoms with van der Waals surface area (Å²) < 4.78 is 5.47. The van der Waals surface area contributed by atoms with Gasteiger partial charge < -0.3 is 4.74 Å². The number of aliphatic imine (C=N–C) groups is 1. The van der Waals surface area contributed by atoms with E-state index in [0.29, 0.717) is 17.7 Å². The van der Waals surface area contributed by atoms with E-state index in [1.807, 2.05) is 52.0 Å². The zero-order chi connectivity index (χ0) is 18.1. The number of aryl methyl sites for hydroxylation is 1. The Hall–Kier alpha value is -2.23. The van der Waals surface area contributed by atoms with Crippen molar-refractivity contribution in [2.45, 2.75) is 59.0 Å². The lowest BCUT2D eigenvalue weighted by molar-refractivity contribution is -0.143. The number of esters is 1. The minimum absolute atomic E-state index is 0.179. The summed E-state index contributed by atoms with van der Waals surface area (Å²) in [6.07, 6.45) is 2.01. The predicted octanol–water partition coefficient (Wildman–Crippen LogP) is 4.13. The molecule has 1 aromatic rings. The van der Waals surface area contributed by atoms with E-state index in [1.54, 1.807) is 0 Å². The number of ether oxygens (including phenoxy) is 1. The molecule has 0 saturated heterocycles. The van der Waals surface area contributed by atoms with Crippen molar-refractivity contribution < 1.29 is 14.3 Å². The van der Waals surface area contributed by atoms with Crippen LogP contribution in [-0.4, -0.2) is 23.6 Å². The molecule has 2 aliphatic rings. The summed E-state index contributed by atoms with van der Waals surface area (Å²) in [5.74, 6) is -0.820. The maximum Gasteiger partial charge on any atom is 0.336 e. The first-order chi connectivity index (χ1) is 11.9. The first-order valence-corrected chi connectivity index (χ1v) is 8.97. The van der Waals surface area contributed by atoms with Gasteiger partial charge in [0.25, 0.3) is 0 Å². The Kier molecular flexibility index (Phi) is 4.89. The average molecular weight is 339 g/mol. The van der Waals surface area contributed by atoms with Gasteiger partial charge in [-0.15, -0.1) is 0 Å². The lowest BCUT2D eigenvalue weighted by atomic mass is 9.69. The molecule has 0 radical (unpaired) electrons. The van der Waals surface area contributed by atoms with E-state index in [4.69, 9.17) is 4.74 Å². The third-order valence-electron chi connectivity index (χ3n) is 4.91. The number of ketones is 1. The molecule has 2 atom stereocenters. The fourth-order valence-electron chi connectivity index (χ4n) is 3.80. The Morgan fingerprint density at radius 3 is 2.44 bits per heavy atom. The maximum atomic E-state index is 12.8. The van der Waals surface area contributed by atoms with Crippen LogP contribution in [0.1, 0.15) is 57.1 Å². The van der Waals surface area contributed by atoms with Crippen LogP contribution >= 0.6 is 0 Å². The fourth-order valence-corrected chi connectivity index (χ4v) is 3.80. The van der Waals surface area contributed by atoms with Gasteiger partial charge in [0.15, 0.2) is 0 Å². The molecular formula is C21H25NO3. The van der Waals surface area contributed by atoms with Crippen LogP contribution in [-0.2, 0) is 14.3 Å². The van der Waals surface area contributed by atoms with Gasteiger partial charge in [0.1, 0.15) is 5.78 Å². The second-order valence-corrected chi connectivity index (χ2v) is 7.24. The molecule has 0 bridgehead atoms. The molecular weight excluding hydrogens is 314 g/mol. The molecule has 4 nitrogen and oxygen atoms in total. The van der Waals surface area contributed by atoms with Crippen LogP contribution in [0.4, 0.5) is 0 Å². The number of allylic oxidation sites excluding steroid dienone is 1. The second-order valence-electron chi connectivity index (χ2n) is 7.24. The van der Waals surface area contributed by atoms with Gasteiger partial charge in [-0.05, 0) is 46.1 Å². The Morgan fingerprint density at radius 2 is 1.80 bits per heavy atom. The molecule has 1 fully saturated rings. The summed E-state index contributed by atoms with van der Waals surface area (Å²) in [6.45, 7) is 7.54. The number of hydrogen-bond acceptors (Lipinski definition) is 4. The lowest BCUT2D eigenvalue weighted by Gasteiger charge is -2.35. The monoisotopic (exact) mass is 339 g/mol. The zero-order valence-corrected chi connectivity index (χ0v) is 15.3. The largest absolute Gasteiger partial charge is 0.460 e. The summed E-state index contributed by atoms with van der Waals surface area (Å²) in [5.41, 5.74) is 4.25. The number of fused-ring (bicyclic) bond motifs is 1. The molecule has 1 heterocycles. The van der Waals surface area contributed by atoms with Gasteiger partial charge in [0, 0.05) is 23.7 Å². The fraction of sp³-hybridized carbons (Fsp3) is 0.476. The topological polar surface area (TPSA) is 55.7 Å². The molecule has 3 rings (SSSR count). The van der Waals surface area contributed by atoms with Crippen molar-refractivity contribution in [3.63, 3.8) is 0 Å². The van der Waals surface area contributed by atoms with Gasteiger partial charge in [0.05, 0.1) is 17.6 Å². The van der Waals surface area contributed by atoms with Gasteiger partial charge in [-0.3, -0.25) is 9.79 Å². The van der Waals surface area contributed by atoms with E-state index < -0.39 is 0 Å². The van der Waals surface area contributed by atoms with Crippen LogP contribution < -0.4 is 0 Å². The van der Waals surface area contributed by atoms with Crippen LogP contribution in [0.25, 0.3) is 0 Å². The van der Waals surface area contributed by atoms with E-state index in [2.05, 4.69) is 4.99 Å². The van der Waals surface area contributed by atoms with Gasteiger partial charge in [0.2, 0.25) is 0 Å². The SMILES string of the molecule is CC1=C(C(=O)OC(C)C)[C@@H](c2ccc(C)cc2)C2C(=O)CCCC2=N1. The minimum atomic E-state index is -0.362. The first-order valence-electron chi connectivity index (χ1n) is 8.97. The third-order valence-corrected chi connectivity index (χ3v) is 4.91. The van der Waals surface area contributed by atoms with E-state index in [0.717, 1.165) is 29.7 Å². The zero-order valence-electron chi connectivity index (χ0n) is 15.3. The Balaban J connectivity index is 2.12. The van der Waals surface area contributed by atoms with E-state index in [1.165, 1.54) is 0 Å². The average Bonchev–Trinajstić information content (AvgIpc) is 2.53. The number of carbonyl (C=O) groups is 2. The van der Waals surface area contributed by atoms with Crippen molar-refractivity contribution in [3.8, 4) is 0 Å². The third kappa shape index (κ3) is 3.44. The highest BCUT2D eigenvalue weighted by atomic mass is 16.5. The van der Waals surface area contributed by atoms with Crippen LogP contribution in [0.15, 0.2) is 40.5 Å². The van der Waals surface area contributed by atoms with Gasteiger partial charge in [-0.1, -0.05) is 29.8 Å². The molecule has 25 heavy (non-hydrogen) atoms. The summed E-state index contributed by atoms with van der Waals surface area (Å²) in [4.78, 5) is 30.1. The van der Waals surface area contributed by atoms with Crippen molar-refractivity contribution in [3.05, 3.63) is 46.7 Å². The molecule has 0 amide bonds. The molecule has 1 aliphatic carbocycles. The molecule has 0 aromatic heterocycles. The molecule has 4 heteroatoms. The summed E-state index contributed by atoms with van der Waals surface area (Å²) in [6, 6.07) is 8.07. The van der Waals surface area contributed by atoms with E-state index >= 15 is 0 Å². The first kappa shape index (κ1) is 17.6. The van der Waals surface area contributed by atoms with Crippen LogP contribution in [0.2, 0.25) is 0 Å². The van der Waals surface area contributed by atoms with E-state index in [-0.39, 0.29) is 29.7 Å². The van der Waals surface area contributed by atoms with Gasteiger partial charge >= 0.3 is 5.97 Å². The number of nitrogens with zero attached hydrogens (tertiary/aromatic N) is 1. The van der Waals surface area contributed by atoms with E-state index in [9.17, 15) is 9.59 Å². The standard InChI is InChI=1S/C21H25NO3/c1-12(2)25-21(24)18-14(4)22-16-6-5-7-17(23)20(16)19(18)15-10-8-13(3)9-11-15/h8-12,19-20H,5-7H2,1-4H3/t19-,20?/m1/s1. The second kappa shape index (κ2) is 6.95. The van der Waals surface area contributed by atoms with Crippen molar-refractivity contribution in [1.82, 2.24) is 0 Å². The van der Waals surface area contributed by atoms with Crippen molar-refractivity contribution in [2.24, 2.45) is 10.9 Å². The molecule has 0 N–H and O–H groups in total. The highest BCUT2D eigenvalue weighted by Crippen LogP contribution is 2.43.